The second-order valence-corrected chi connectivity index (χ2v) is 6.50. The van der Waals surface area contributed by atoms with Gasteiger partial charge in [0.15, 0.2) is 0 Å². The molecule has 19 heavy (non-hydrogen) atoms. The molecule has 0 saturated heterocycles. The van der Waals surface area contributed by atoms with Gasteiger partial charge < -0.3 is 4.98 Å². The van der Waals surface area contributed by atoms with Gasteiger partial charge in [-0.3, -0.25) is 4.79 Å². The van der Waals surface area contributed by atoms with Crippen molar-refractivity contribution in [3.8, 4) is 0 Å². The molecule has 0 aromatic carbocycles. The number of carbonyl (C=O) groups excluding carboxylic acids is 1. The van der Waals surface area contributed by atoms with Crippen molar-refractivity contribution < 1.29 is 4.79 Å². The van der Waals surface area contributed by atoms with Crippen molar-refractivity contribution in [2.24, 2.45) is 21.8 Å². The molecule has 0 atom stereocenters. The van der Waals surface area contributed by atoms with Gasteiger partial charge in [-0.25, -0.2) is 5.43 Å². The average molecular weight is 257 g/mol. The van der Waals surface area contributed by atoms with Crippen molar-refractivity contribution in [3.63, 3.8) is 0 Å². The molecule has 1 aromatic heterocycles. The van der Waals surface area contributed by atoms with Crippen LogP contribution in [-0.4, -0.2) is 16.6 Å². The van der Waals surface area contributed by atoms with Gasteiger partial charge in [0.05, 0.1) is 11.3 Å². The van der Waals surface area contributed by atoms with E-state index in [1.165, 1.54) is 0 Å². The van der Waals surface area contributed by atoms with E-state index in [1.54, 1.807) is 0 Å². The maximum Gasteiger partial charge on any atom is 0.273 e. The van der Waals surface area contributed by atoms with Crippen molar-refractivity contribution in [2.45, 2.75) is 27.7 Å². The molecule has 1 aliphatic carbocycles. The zero-order valence-electron chi connectivity index (χ0n) is 11.7. The summed E-state index contributed by atoms with van der Waals surface area (Å²) in [6.45, 7) is 8.93. The third kappa shape index (κ3) is 1.59. The molecule has 1 amide bonds. The molecule has 0 radical (unpaired) electrons. The normalized spacial score (nSPS) is 26.4. The van der Waals surface area contributed by atoms with E-state index in [1.807, 2.05) is 24.4 Å². The molecule has 0 unspecified atom stereocenters. The van der Waals surface area contributed by atoms with Crippen LogP contribution in [-0.2, 0) is 4.79 Å². The van der Waals surface area contributed by atoms with Crippen molar-refractivity contribution in [1.82, 2.24) is 10.4 Å². The Kier molecular flexibility index (Phi) is 2.31. The van der Waals surface area contributed by atoms with Gasteiger partial charge in [-0.2, -0.15) is 5.10 Å². The van der Waals surface area contributed by atoms with Crippen LogP contribution >= 0.6 is 0 Å². The minimum Gasteiger partial charge on any atom is -0.362 e. The van der Waals surface area contributed by atoms with Crippen molar-refractivity contribution >= 4 is 17.7 Å². The number of rotatable bonds is 2. The van der Waals surface area contributed by atoms with Crippen molar-refractivity contribution in [2.75, 3.05) is 0 Å². The number of hydrogen-bond donors (Lipinski definition) is 2. The third-order valence-corrected chi connectivity index (χ3v) is 5.01. The van der Waals surface area contributed by atoms with E-state index in [0.29, 0.717) is 11.5 Å². The standard InChI is InChI=1S/C15H19N3O/c1-14(2)12(15(14,3)4)11-10(13(19)18-17-11)8-9-6-5-7-16-9/h5-8,12,16H,1-4H3,(H,18,19)/b10-8+. The summed E-state index contributed by atoms with van der Waals surface area (Å²) in [6.07, 6.45) is 3.73. The summed E-state index contributed by atoms with van der Waals surface area (Å²) in [5.74, 6) is 0.211. The number of nitrogens with zero attached hydrogens (tertiary/aromatic N) is 1. The van der Waals surface area contributed by atoms with Gasteiger partial charge in [0, 0.05) is 17.8 Å². The summed E-state index contributed by atoms with van der Waals surface area (Å²) in [5.41, 5.74) is 5.45. The van der Waals surface area contributed by atoms with Crippen LogP contribution in [0.2, 0.25) is 0 Å². The highest BCUT2D eigenvalue weighted by Crippen LogP contribution is 2.69. The zero-order valence-corrected chi connectivity index (χ0v) is 11.7. The zero-order chi connectivity index (χ0) is 13.8. The smallest absolute Gasteiger partial charge is 0.273 e. The highest BCUT2D eigenvalue weighted by atomic mass is 16.2. The molecule has 1 fully saturated rings. The van der Waals surface area contributed by atoms with Crippen LogP contribution in [0, 0.1) is 16.7 Å². The minimum absolute atomic E-state index is 0.108. The quantitative estimate of drug-likeness (QED) is 0.786. The first-order valence-electron chi connectivity index (χ1n) is 6.59. The Hall–Kier alpha value is -1.84. The van der Waals surface area contributed by atoms with Crippen molar-refractivity contribution in [1.29, 1.82) is 0 Å². The Morgan fingerprint density at radius 1 is 1.26 bits per heavy atom. The lowest BCUT2D eigenvalue weighted by atomic mass is 10.00. The Bertz CT molecular complexity index is 577. The van der Waals surface area contributed by atoms with E-state index >= 15 is 0 Å². The molecule has 4 heteroatoms. The van der Waals surface area contributed by atoms with Gasteiger partial charge in [0.25, 0.3) is 5.91 Å². The van der Waals surface area contributed by atoms with Gasteiger partial charge in [-0.1, -0.05) is 27.7 Å². The molecule has 0 spiro atoms. The predicted octanol–water partition coefficient (Wildman–Crippen LogP) is 2.57. The van der Waals surface area contributed by atoms with E-state index in [0.717, 1.165) is 11.4 Å². The molecule has 3 rings (SSSR count). The number of aromatic amines is 1. The number of aromatic nitrogens is 1. The first kappa shape index (κ1) is 12.2. The fourth-order valence-electron chi connectivity index (χ4n) is 3.18. The lowest BCUT2D eigenvalue weighted by molar-refractivity contribution is -0.116. The van der Waals surface area contributed by atoms with Crippen LogP contribution in [0.3, 0.4) is 0 Å². The summed E-state index contributed by atoms with van der Waals surface area (Å²) in [6, 6.07) is 3.86. The van der Waals surface area contributed by atoms with Crippen LogP contribution in [0.4, 0.5) is 0 Å². The van der Waals surface area contributed by atoms with Gasteiger partial charge in [0.1, 0.15) is 0 Å². The SMILES string of the molecule is CC1(C)C(C2=NNC(=O)/C2=C/c2ccc[nH]2)C1(C)C. The van der Waals surface area contributed by atoms with Gasteiger partial charge in [0.2, 0.25) is 0 Å². The maximum atomic E-state index is 12.0. The molecule has 1 saturated carbocycles. The fraction of sp³-hybridized carbons (Fsp3) is 0.467. The van der Waals surface area contributed by atoms with Crippen LogP contribution in [0.25, 0.3) is 6.08 Å². The van der Waals surface area contributed by atoms with E-state index in [-0.39, 0.29) is 16.7 Å². The number of H-pyrrole nitrogens is 1. The largest absolute Gasteiger partial charge is 0.362 e. The Balaban J connectivity index is 1.97. The lowest BCUT2D eigenvalue weighted by Crippen LogP contribution is -2.15. The summed E-state index contributed by atoms with van der Waals surface area (Å²) >= 11 is 0. The first-order chi connectivity index (χ1) is 8.85. The highest BCUT2D eigenvalue weighted by molar-refractivity contribution is 6.29. The molecule has 2 aliphatic rings. The second-order valence-electron chi connectivity index (χ2n) is 6.50. The van der Waals surface area contributed by atoms with Gasteiger partial charge in [-0.05, 0) is 29.0 Å². The molecular weight excluding hydrogens is 238 g/mol. The molecule has 2 N–H and O–H groups in total. The number of nitrogens with one attached hydrogen (secondary N) is 2. The van der Waals surface area contributed by atoms with Crippen LogP contribution in [0.15, 0.2) is 29.0 Å². The van der Waals surface area contributed by atoms with Crippen molar-refractivity contribution in [3.05, 3.63) is 29.6 Å². The topological polar surface area (TPSA) is 57.2 Å². The highest BCUT2D eigenvalue weighted by Gasteiger charge is 2.67. The minimum atomic E-state index is -0.108. The molecule has 1 aliphatic heterocycles. The molecule has 100 valence electrons. The Labute approximate surface area is 113 Å². The summed E-state index contributed by atoms with van der Waals surface area (Å²) in [4.78, 5) is 15.1. The molecule has 2 heterocycles. The molecule has 1 aromatic rings. The molecule has 4 nitrogen and oxygen atoms in total. The van der Waals surface area contributed by atoms with E-state index in [2.05, 4.69) is 43.2 Å². The average Bonchev–Trinajstić information content (AvgIpc) is 2.79. The monoisotopic (exact) mass is 257 g/mol. The predicted molar refractivity (Wildman–Crippen MR) is 75.4 cm³/mol. The van der Waals surface area contributed by atoms with E-state index in [4.69, 9.17) is 0 Å². The van der Waals surface area contributed by atoms with Crippen LogP contribution < -0.4 is 5.43 Å². The van der Waals surface area contributed by atoms with E-state index in [9.17, 15) is 4.79 Å². The lowest BCUT2D eigenvalue weighted by Gasteiger charge is -2.03. The summed E-state index contributed by atoms with van der Waals surface area (Å²) in [5, 5.41) is 4.27. The van der Waals surface area contributed by atoms with E-state index < -0.39 is 0 Å². The number of hydrogen-bond acceptors (Lipinski definition) is 2. The Morgan fingerprint density at radius 3 is 2.47 bits per heavy atom. The maximum absolute atomic E-state index is 12.0. The number of carbonyl (C=O) groups is 1. The van der Waals surface area contributed by atoms with Gasteiger partial charge in [-0.15, -0.1) is 0 Å². The Morgan fingerprint density at radius 2 is 1.95 bits per heavy atom. The van der Waals surface area contributed by atoms with Gasteiger partial charge >= 0.3 is 0 Å². The number of amides is 1. The third-order valence-electron chi connectivity index (χ3n) is 5.01. The second kappa shape index (κ2) is 3.59. The fourth-order valence-corrected chi connectivity index (χ4v) is 3.18. The van der Waals surface area contributed by atoms with Crippen LogP contribution in [0.1, 0.15) is 33.4 Å². The molecular formula is C15H19N3O. The first-order valence-corrected chi connectivity index (χ1v) is 6.59. The summed E-state index contributed by atoms with van der Waals surface area (Å²) in [7, 11) is 0. The van der Waals surface area contributed by atoms with Crippen LogP contribution in [0.5, 0.6) is 0 Å². The summed E-state index contributed by atoms with van der Waals surface area (Å²) < 4.78 is 0. The number of hydrazone groups is 1. The molecule has 0 bridgehead atoms.